The van der Waals surface area contributed by atoms with Crippen LogP contribution in [0.3, 0.4) is 0 Å². The summed E-state index contributed by atoms with van der Waals surface area (Å²) in [5, 5.41) is 5.20. The second-order valence-corrected chi connectivity index (χ2v) is 8.61. The molecule has 8 heteroatoms. The molecular weight excluding hydrogens is 335 g/mol. The van der Waals surface area contributed by atoms with E-state index in [9.17, 15) is 22.4 Å². The van der Waals surface area contributed by atoms with E-state index in [0.29, 0.717) is 12.8 Å². The summed E-state index contributed by atoms with van der Waals surface area (Å²) >= 11 is 0. The molecule has 3 atom stereocenters. The molecule has 2 N–H and O–H groups in total. The zero-order valence-corrected chi connectivity index (χ0v) is 13.8. The largest absolute Gasteiger partial charge is 0.351 e. The van der Waals surface area contributed by atoms with Gasteiger partial charge in [-0.3, -0.25) is 9.59 Å². The van der Waals surface area contributed by atoms with Crippen LogP contribution in [0.4, 0.5) is 4.39 Å². The minimum atomic E-state index is -3.05. The molecule has 2 aliphatic rings. The van der Waals surface area contributed by atoms with Crippen LogP contribution in [0.5, 0.6) is 0 Å². The maximum absolute atomic E-state index is 12.9. The van der Waals surface area contributed by atoms with Crippen LogP contribution in [0.1, 0.15) is 24.3 Å². The lowest BCUT2D eigenvalue weighted by molar-refractivity contribution is -0.127. The summed E-state index contributed by atoms with van der Waals surface area (Å²) in [4.78, 5) is 23.8. The van der Waals surface area contributed by atoms with Gasteiger partial charge in [0.15, 0.2) is 9.84 Å². The molecule has 1 heterocycles. The van der Waals surface area contributed by atoms with Gasteiger partial charge in [-0.15, -0.1) is 0 Å². The fourth-order valence-electron chi connectivity index (χ4n) is 3.05. The second-order valence-electron chi connectivity index (χ2n) is 6.39. The van der Waals surface area contributed by atoms with E-state index >= 15 is 0 Å². The standard InChI is InChI=1S/C16H19FN2O4S/c17-11-3-1-10(2-4-11)13-7-14(13)16(21)18-8-15(20)19-12-5-6-24(22,23)9-12/h1-4,12-14H,5-9H2,(H,18,21)(H,19,20)/t12-,13-,14+/m0/s1. The van der Waals surface area contributed by atoms with Crippen molar-refractivity contribution in [3.05, 3.63) is 35.6 Å². The summed E-state index contributed by atoms with van der Waals surface area (Å²) in [6.07, 6.45) is 1.09. The van der Waals surface area contributed by atoms with Gasteiger partial charge in [-0.2, -0.15) is 0 Å². The van der Waals surface area contributed by atoms with Crippen molar-refractivity contribution in [1.82, 2.24) is 10.6 Å². The van der Waals surface area contributed by atoms with Crippen molar-refractivity contribution in [3.8, 4) is 0 Å². The number of amides is 2. The van der Waals surface area contributed by atoms with Crippen molar-refractivity contribution >= 4 is 21.7 Å². The minimum Gasteiger partial charge on any atom is -0.351 e. The Hall–Kier alpha value is -1.96. The molecular formula is C16H19FN2O4S. The Balaban J connectivity index is 1.42. The summed E-state index contributed by atoms with van der Waals surface area (Å²) in [5.74, 6) is -0.995. The number of carbonyl (C=O) groups excluding carboxylic acids is 2. The van der Waals surface area contributed by atoms with Gasteiger partial charge in [0.25, 0.3) is 0 Å². The molecule has 1 saturated heterocycles. The van der Waals surface area contributed by atoms with Crippen molar-refractivity contribution in [2.75, 3.05) is 18.1 Å². The van der Waals surface area contributed by atoms with E-state index in [-0.39, 0.29) is 53.6 Å². The van der Waals surface area contributed by atoms with Crippen LogP contribution in [0.25, 0.3) is 0 Å². The Morgan fingerprint density at radius 2 is 1.92 bits per heavy atom. The average Bonchev–Trinajstić information content (AvgIpc) is 3.25. The molecule has 130 valence electrons. The maximum atomic E-state index is 12.9. The molecule has 6 nitrogen and oxygen atoms in total. The van der Waals surface area contributed by atoms with E-state index in [2.05, 4.69) is 10.6 Å². The van der Waals surface area contributed by atoms with Crippen molar-refractivity contribution < 1.29 is 22.4 Å². The maximum Gasteiger partial charge on any atom is 0.239 e. The third-order valence-electron chi connectivity index (χ3n) is 4.45. The van der Waals surface area contributed by atoms with E-state index in [1.165, 1.54) is 12.1 Å². The molecule has 0 spiro atoms. The SMILES string of the molecule is O=C(CNC(=O)[C@@H]1C[C@H]1c1ccc(F)cc1)N[C@H]1CCS(=O)(=O)C1. The summed E-state index contributed by atoms with van der Waals surface area (Å²) in [7, 11) is -3.05. The topological polar surface area (TPSA) is 92.3 Å². The number of benzene rings is 1. The van der Waals surface area contributed by atoms with Crippen molar-refractivity contribution in [3.63, 3.8) is 0 Å². The Morgan fingerprint density at radius 3 is 2.54 bits per heavy atom. The quantitative estimate of drug-likeness (QED) is 0.798. The first kappa shape index (κ1) is 16.9. The van der Waals surface area contributed by atoms with Crippen LogP contribution >= 0.6 is 0 Å². The number of nitrogens with one attached hydrogen (secondary N) is 2. The molecule has 2 fully saturated rings. The van der Waals surface area contributed by atoms with Gasteiger partial charge in [-0.25, -0.2) is 12.8 Å². The molecule has 3 rings (SSSR count). The highest BCUT2D eigenvalue weighted by Crippen LogP contribution is 2.47. The molecule has 1 aromatic rings. The van der Waals surface area contributed by atoms with Gasteiger partial charge in [0.1, 0.15) is 5.82 Å². The van der Waals surface area contributed by atoms with Crippen LogP contribution < -0.4 is 10.6 Å². The molecule has 2 amide bonds. The lowest BCUT2D eigenvalue weighted by Crippen LogP contribution is -2.42. The average molecular weight is 354 g/mol. The number of rotatable bonds is 5. The van der Waals surface area contributed by atoms with Crippen molar-refractivity contribution in [2.45, 2.75) is 24.8 Å². The third kappa shape index (κ3) is 4.11. The van der Waals surface area contributed by atoms with E-state index in [1.807, 2.05) is 0 Å². The Morgan fingerprint density at radius 1 is 1.21 bits per heavy atom. The van der Waals surface area contributed by atoms with Gasteiger partial charge >= 0.3 is 0 Å². The monoisotopic (exact) mass is 354 g/mol. The Bertz CT molecular complexity index is 748. The summed E-state index contributed by atoms with van der Waals surface area (Å²) < 4.78 is 35.6. The first-order valence-electron chi connectivity index (χ1n) is 7.87. The van der Waals surface area contributed by atoms with Crippen LogP contribution in [-0.4, -0.2) is 44.3 Å². The highest BCUT2D eigenvalue weighted by atomic mass is 32.2. The van der Waals surface area contributed by atoms with E-state index in [1.54, 1.807) is 12.1 Å². The molecule has 1 saturated carbocycles. The first-order valence-corrected chi connectivity index (χ1v) is 9.69. The predicted molar refractivity (Wildman–Crippen MR) is 85.5 cm³/mol. The van der Waals surface area contributed by atoms with Gasteiger partial charge in [-0.05, 0) is 36.5 Å². The van der Waals surface area contributed by atoms with Crippen LogP contribution in [0.15, 0.2) is 24.3 Å². The normalized spacial score (nSPS) is 27.5. The molecule has 1 aliphatic heterocycles. The fraction of sp³-hybridized carbons (Fsp3) is 0.500. The smallest absolute Gasteiger partial charge is 0.239 e. The lowest BCUT2D eigenvalue weighted by atomic mass is 10.1. The van der Waals surface area contributed by atoms with Gasteiger partial charge < -0.3 is 10.6 Å². The Labute approximate surface area is 139 Å². The van der Waals surface area contributed by atoms with E-state index in [4.69, 9.17) is 0 Å². The third-order valence-corrected chi connectivity index (χ3v) is 6.21. The molecule has 0 radical (unpaired) electrons. The number of sulfone groups is 1. The molecule has 0 unspecified atom stereocenters. The zero-order chi connectivity index (χ0) is 17.3. The summed E-state index contributed by atoms with van der Waals surface area (Å²) in [6.45, 7) is -0.165. The lowest BCUT2D eigenvalue weighted by Gasteiger charge is -2.11. The molecule has 24 heavy (non-hydrogen) atoms. The van der Waals surface area contributed by atoms with Gasteiger partial charge in [-0.1, -0.05) is 12.1 Å². The minimum absolute atomic E-state index is 0.0397. The number of hydrogen-bond donors (Lipinski definition) is 2. The number of carbonyl (C=O) groups is 2. The summed E-state index contributed by atoms with van der Waals surface area (Å²) in [5.41, 5.74) is 0.914. The van der Waals surface area contributed by atoms with Crippen LogP contribution in [-0.2, 0) is 19.4 Å². The molecule has 1 aliphatic carbocycles. The number of hydrogen-bond acceptors (Lipinski definition) is 4. The van der Waals surface area contributed by atoms with Crippen molar-refractivity contribution in [2.24, 2.45) is 5.92 Å². The molecule has 1 aromatic carbocycles. The van der Waals surface area contributed by atoms with Gasteiger partial charge in [0.05, 0.1) is 18.1 Å². The highest BCUT2D eigenvalue weighted by Gasteiger charge is 2.43. The zero-order valence-electron chi connectivity index (χ0n) is 13.0. The van der Waals surface area contributed by atoms with E-state index < -0.39 is 9.84 Å². The van der Waals surface area contributed by atoms with Crippen LogP contribution in [0.2, 0.25) is 0 Å². The predicted octanol–water partition coefficient (Wildman–Crippen LogP) is 0.349. The Kier molecular flexibility index (Phi) is 4.58. The first-order chi connectivity index (χ1) is 11.3. The van der Waals surface area contributed by atoms with Crippen molar-refractivity contribution in [1.29, 1.82) is 0 Å². The molecule has 0 aromatic heterocycles. The van der Waals surface area contributed by atoms with Gasteiger partial charge in [0.2, 0.25) is 11.8 Å². The number of halogens is 1. The fourth-order valence-corrected chi connectivity index (χ4v) is 4.72. The van der Waals surface area contributed by atoms with Crippen LogP contribution in [0, 0.1) is 11.7 Å². The summed E-state index contributed by atoms with van der Waals surface area (Å²) in [6, 6.07) is 5.70. The highest BCUT2D eigenvalue weighted by molar-refractivity contribution is 7.91. The van der Waals surface area contributed by atoms with Gasteiger partial charge in [0, 0.05) is 12.0 Å². The molecule has 0 bridgehead atoms. The van der Waals surface area contributed by atoms with E-state index in [0.717, 1.165) is 5.56 Å². The second kappa shape index (κ2) is 6.51.